The maximum absolute atomic E-state index is 5.35. The maximum Gasteiger partial charge on any atom is 0.0865 e. The van der Waals surface area contributed by atoms with Crippen LogP contribution >= 0.6 is 0 Å². The fourth-order valence-corrected chi connectivity index (χ4v) is 1.62. The van der Waals surface area contributed by atoms with Gasteiger partial charge in [0, 0.05) is 11.1 Å². The molecule has 0 unspecified atom stereocenters. The van der Waals surface area contributed by atoms with Gasteiger partial charge in [0.1, 0.15) is 0 Å². The molecule has 0 radical (unpaired) electrons. The van der Waals surface area contributed by atoms with Crippen molar-refractivity contribution in [3.8, 4) is 24.7 Å². The first-order valence-electron chi connectivity index (χ1n) is 5.81. The zero-order valence-corrected chi connectivity index (χ0v) is 10.4. The van der Waals surface area contributed by atoms with Crippen molar-refractivity contribution in [1.29, 1.82) is 0 Å². The minimum Gasteiger partial charge on any atom is -0.184 e. The summed E-state index contributed by atoms with van der Waals surface area (Å²) in [6, 6.07) is 15.1. The standard InChI is InChI=1S/C17H12N2/c1-3-14-7-5-9-16(11-14)13-18-19-17-10-6-8-15(4-2)12-17/h1-2,5-12H,13H2. The first-order chi connectivity index (χ1) is 9.31. The van der Waals surface area contributed by atoms with Crippen LogP contribution in [0.15, 0.2) is 58.8 Å². The molecule has 0 heterocycles. The second kappa shape index (κ2) is 6.19. The Bertz CT molecular complexity index is 685. The number of hydrogen-bond donors (Lipinski definition) is 0. The van der Waals surface area contributed by atoms with Gasteiger partial charge in [0.25, 0.3) is 0 Å². The average molecular weight is 244 g/mol. The van der Waals surface area contributed by atoms with Gasteiger partial charge >= 0.3 is 0 Å². The van der Waals surface area contributed by atoms with Crippen LogP contribution in [0.4, 0.5) is 5.69 Å². The monoisotopic (exact) mass is 244 g/mol. The Labute approximate surface area is 113 Å². The van der Waals surface area contributed by atoms with E-state index in [4.69, 9.17) is 12.8 Å². The number of terminal acetylenes is 2. The molecule has 0 aliphatic heterocycles. The Hall–Kier alpha value is -2.84. The molecule has 0 bridgehead atoms. The predicted molar refractivity (Wildman–Crippen MR) is 77.0 cm³/mol. The van der Waals surface area contributed by atoms with Crippen molar-refractivity contribution in [2.45, 2.75) is 6.54 Å². The van der Waals surface area contributed by atoms with E-state index in [0.717, 1.165) is 22.4 Å². The number of nitrogens with zero attached hydrogens (tertiary/aromatic N) is 2. The zero-order valence-electron chi connectivity index (χ0n) is 10.4. The third kappa shape index (κ3) is 3.56. The molecule has 0 aliphatic rings. The number of rotatable bonds is 3. The molecule has 0 saturated carbocycles. The van der Waals surface area contributed by atoms with Crippen LogP contribution in [0, 0.1) is 24.7 Å². The first-order valence-corrected chi connectivity index (χ1v) is 5.81. The third-order valence-electron chi connectivity index (χ3n) is 2.55. The van der Waals surface area contributed by atoms with E-state index in [0.29, 0.717) is 6.54 Å². The maximum atomic E-state index is 5.35. The summed E-state index contributed by atoms with van der Waals surface area (Å²) in [6.45, 7) is 0.496. The Morgan fingerprint density at radius 3 is 2.32 bits per heavy atom. The molecule has 0 saturated heterocycles. The number of hydrogen-bond acceptors (Lipinski definition) is 2. The van der Waals surface area contributed by atoms with E-state index in [1.807, 2.05) is 48.5 Å². The summed E-state index contributed by atoms with van der Waals surface area (Å²) in [7, 11) is 0. The predicted octanol–water partition coefficient (Wildman–Crippen LogP) is 3.93. The highest BCUT2D eigenvalue weighted by molar-refractivity contribution is 5.45. The Morgan fingerprint density at radius 1 is 0.895 bits per heavy atom. The number of azo groups is 1. The van der Waals surface area contributed by atoms with Crippen LogP contribution in [0.2, 0.25) is 0 Å². The lowest BCUT2D eigenvalue weighted by Crippen LogP contribution is -1.82. The molecule has 0 atom stereocenters. The molecule has 2 heteroatoms. The highest BCUT2D eigenvalue weighted by Gasteiger charge is 1.94. The normalized spacial score (nSPS) is 10.0. The van der Waals surface area contributed by atoms with Crippen LogP contribution in [0.3, 0.4) is 0 Å². The summed E-state index contributed by atoms with van der Waals surface area (Å²) in [5, 5.41) is 8.29. The molecule has 90 valence electrons. The summed E-state index contributed by atoms with van der Waals surface area (Å²) >= 11 is 0. The van der Waals surface area contributed by atoms with E-state index in [9.17, 15) is 0 Å². The van der Waals surface area contributed by atoms with E-state index >= 15 is 0 Å². The molecule has 0 fully saturated rings. The molecule has 2 rings (SSSR count). The van der Waals surface area contributed by atoms with Crippen LogP contribution in [0.5, 0.6) is 0 Å². The lowest BCUT2D eigenvalue weighted by Gasteiger charge is -1.97. The lowest BCUT2D eigenvalue weighted by molar-refractivity contribution is 0.958. The highest BCUT2D eigenvalue weighted by Crippen LogP contribution is 2.15. The van der Waals surface area contributed by atoms with Crippen LogP contribution in [0.25, 0.3) is 0 Å². The van der Waals surface area contributed by atoms with Gasteiger partial charge in [0.05, 0.1) is 12.2 Å². The van der Waals surface area contributed by atoms with Crippen molar-refractivity contribution in [3.05, 3.63) is 65.2 Å². The molecule has 0 spiro atoms. The van der Waals surface area contributed by atoms with E-state index in [2.05, 4.69) is 22.1 Å². The zero-order chi connectivity index (χ0) is 13.5. The van der Waals surface area contributed by atoms with E-state index < -0.39 is 0 Å². The van der Waals surface area contributed by atoms with Crippen molar-refractivity contribution in [2.24, 2.45) is 10.2 Å². The van der Waals surface area contributed by atoms with Gasteiger partial charge in [0.2, 0.25) is 0 Å². The Morgan fingerprint density at radius 2 is 1.58 bits per heavy atom. The van der Waals surface area contributed by atoms with Crippen molar-refractivity contribution in [1.82, 2.24) is 0 Å². The molecule has 19 heavy (non-hydrogen) atoms. The van der Waals surface area contributed by atoms with E-state index in [1.54, 1.807) is 0 Å². The molecule has 2 aromatic rings. The Balaban J connectivity index is 2.07. The van der Waals surface area contributed by atoms with Crippen LogP contribution in [0.1, 0.15) is 16.7 Å². The second-order valence-electron chi connectivity index (χ2n) is 3.94. The summed E-state index contributed by atoms with van der Waals surface area (Å²) < 4.78 is 0. The first kappa shape index (κ1) is 12.6. The van der Waals surface area contributed by atoms with Crippen molar-refractivity contribution in [2.75, 3.05) is 0 Å². The van der Waals surface area contributed by atoms with Crippen LogP contribution in [-0.4, -0.2) is 0 Å². The molecular weight excluding hydrogens is 232 g/mol. The quantitative estimate of drug-likeness (QED) is 0.577. The van der Waals surface area contributed by atoms with Crippen LogP contribution in [-0.2, 0) is 6.54 Å². The second-order valence-corrected chi connectivity index (χ2v) is 3.94. The van der Waals surface area contributed by atoms with Crippen molar-refractivity contribution >= 4 is 5.69 Å². The van der Waals surface area contributed by atoms with Gasteiger partial charge in [-0.1, -0.05) is 30.0 Å². The summed E-state index contributed by atoms with van der Waals surface area (Å²) in [4.78, 5) is 0. The SMILES string of the molecule is C#Cc1cccc(CN=Nc2cccc(C#C)c2)c1. The topological polar surface area (TPSA) is 24.7 Å². The van der Waals surface area contributed by atoms with E-state index in [1.165, 1.54) is 0 Å². The fourth-order valence-electron chi connectivity index (χ4n) is 1.62. The minimum absolute atomic E-state index is 0.496. The molecule has 2 aromatic carbocycles. The fraction of sp³-hybridized carbons (Fsp3) is 0.0588. The van der Waals surface area contributed by atoms with Gasteiger partial charge in [-0.25, -0.2) is 0 Å². The molecular formula is C17H12N2. The minimum atomic E-state index is 0.496. The number of benzene rings is 2. The van der Waals surface area contributed by atoms with Gasteiger partial charge in [-0.3, -0.25) is 0 Å². The van der Waals surface area contributed by atoms with Crippen molar-refractivity contribution in [3.63, 3.8) is 0 Å². The highest BCUT2D eigenvalue weighted by atomic mass is 15.1. The molecule has 0 aromatic heterocycles. The summed E-state index contributed by atoms with van der Waals surface area (Å²) in [5.74, 6) is 5.16. The van der Waals surface area contributed by atoms with Gasteiger partial charge < -0.3 is 0 Å². The summed E-state index contributed by atoms with van der Waals surface area (Å²) in [5.41, 5.74) is 3.43. The summed E-state index contributed by atoms with van der Waals surface area (Å²) in [6.07, 6.45) is 10.7. The molecule has 0 aliphatic carbocycles. The largest absolute Gasteiger partial charge is 0.184 e. The average Bonchev–Trinajstić information content (AvgIpc) is 2.48. The Kier molecular flexibility index (Phi) is 4.11. The van der Waals surface area contributed by atoms with E-state index in [-0.39, 0.29) is 0 Å². The molecule has 2 nitrogen and oxygen atoms in total. The third-order valence-corrected chi connectivity index (χ3v) is 2.55. The smallest absolute Gasteiger partial charge is 0.0865 e. The van der Waals surface area contributed by atoms with Gasteiger partial charge in [-0.2, -0.15) is 10.2 Å². The van der Waals surface area contributed by atoms with Crippen molar-refractivity contribution < 1.29 is 0 Å². The lowest BCUT2D eigenvalue weighted by atomic mass is 10.1. The molecule has 0 N–H and O–H groups in total. The molecule has 0 amide bonds. The van der Waals surface area contributed by atoms with Gasteiger partial charge in [-0.05, 0) is 35.9 Å². The van der Waals surface area contributed by atoms with Gasteiger partial charge in [0.15, 0.2) is 0 Å². The van der Waals surface area contributed by atoms with Crippen LogP contribution < -0.4 is 0 Å². The van der Waals surface area contributed by atoms with Gasteiger partial charge in [-0.15, -0.1) is 12.8 Å².